The number of phenols is 2. The van der Waals surface area contributed by atoms with E-state index < -0.39 is 36.0 Å². The summed E-state index contributed by atoms with van der Waals surface area (Å²) in [6.45, 7) is 8.73. The highest BCUT2D eigenvalue weighted by atomic mass is 16.6. The van der Waals surface area contributed by atoms with Gasteiger partial charge in [0.15, 0.2) is 0 Å². The first-order chi connectivity index (χ1) is 18.8. The van der Waals surface area contributed by atoms with Crippen molar-refractivity contribution in [3.63, 3.8) is 0 Å². The van der Waals surface area contributed by atoms with Gasteiger partial charge in [0, 0.05) is 54.6 Å². The molecule has 1 aliphatic rings. The van der Waals surface area contributed by atoms with E-state index in [2.05, 4.69) is 5.32 Å². The molecule has 2 amide bonds. The zero-order valence-electron chi connectivity index (χ0n) is 24.0. The number of nitrogens with one attached hydrogen (secondary N) is 1. The fourth-order valence-electron chi connectivity index (χ4n) is 5.39. The van der Waals surface area contributed by atoms with Gasteiger partial charge in [-0.2, -0.15) is 0 Å². The molecule has 1 aliphatic heterocycles. The molecule has 10 heteroatoms. The first kappa shape index (κ1) is 32.6. The van der Waals surface area contributed by atoms with E-state index >= 15 is 0 Å². The third-order valence-corrected chi connectivity index (χ3v) is 7.47. The van der Waals surface area contributed by atoms with Gasteiger partial charge in [-0.15, -0.1) is 0 Å². The lowest BCUT2D eigenvalue weighted by atomic mass is 9.78. The normalized spacial score (nSPS) is 30.8. The van der Waals surface area contributed by atoms with Gasteiger partial charge in [0.2, 0.25) is 0 Å². The summed E-state index contributed by atoms with van der Waals surface area (Å²) >= 11 is 0. The molecule has 0 aromatic heterocycles. The van der Waals surface area contributed by atoms with Crippen LogP contribution in [0.4, 0.5) is 10.5 Å². The van der Waals surface area contributed by atoms with Gasteiger partial charge in [-0.1, -0.05) is 45.1 Å². The Morgan fingerprint density at radius 1 is 1.18 bits per heavy atom. The van der Waals surface area contributed by atoms with Crippen LogP contribution < -0.4 is 11.1 Å². The molecule has 0 fully saturated rings. The maximum atomic E-state index is 12.9. The van der Waals surface area contributed by atoms with Gasteiger partial charge in [-0.3, -0.25) is 4.79 Å². The van der Waals surface area contributed by atoms with Crippen molar-refractivity contribution in [1.29, 1.82) is 0 Å². The Balaban J connectivity index is 2.68. The summed E-state index contributed by atoms with van der Waals surface area (Å²) in [5.41, 5.74) is 6.50. The van der Waals surface area contributed by atoms with Crippen LogP contribution in [-0.4, -0.2) is 59.5 Å². The van der Waals surface area contributed by atoms with Crippen LogP contribution in [0, 0.1) is 23.7 Å². The van der Waals surface area contributed by atoms with E-state index in [1.54, 1.807) is 32.1 Å². The van der Waals surface area contributed by atoms with Crippen LogP contribution in [0.15, 0.2) is 47.6 Å². The fourth-order valence-corrected chi connectivity index (χ4v) is 5.39. The average Bonchev–Trinajstić information content (AvgIpc) is 2.88. The molecule has 6 N–H and O–H groups in total. The van der Waals surface area contributed by atoms with Crippen molar-refractivity contribution in [3.8, 4) is 11.5 Å². The van der Waals surface area contributed by atoms with Gasteiger partial charge < -0.3 is 40.6 Å². The Morgan fingerprint density at radius 3 is 2.42 bits per heavy atom. The molecule has 0 saturated carbocycles. The highest BCUT2D eigenvalue weighted by Crippen LogP contribution is 2.41. The maximum absolute atomic E-state index is 12.9. The number of ether oxygens (including phenoxy) is 2. The first-order valence-electron chi connectivity index (χ1n) is 13.3. The van der Waals surface area contributed by atoms with Gasteiger partial charge in [-0.25, -0.2) is 4.79 Å². The number of aliphatic hydroxyl groups is 1. The van der Waals surface area contributed by atoms with Gasteiger partial charge in [0.05, 0.1) is 11.8 Å². The summed E-state index contributed by atoms with van der Waals surface area (Å²) < 4.78 is 11.2. The maximum Gasteiger partial charge on any atom is 0.405 e. The van der Waals surface area contributed by atoms with Crippen LogP contribution in [0.25, 0.3) is 0 Å². The fraction of sp³-hybridized carbons (Fsp3) is 0.500. The molecule has 2 bridgehead atoms. The Bertz CT molecular complexity index is 1160. The number of aromatic hydroxyl groups is 2. The second kappa shape index (κ2) is 14.7. The number of anilines is 1. The molecule has 0 spiro atoms. The zero-order chi connectivity index (χ0) is 30.1. The number of hydrogen-bond acceptors (Lipinski definition) is 8. The van der Waals surface area contributed by atoms with Gasteiger partial charge in [-0.05, 0) is 37.8 Å². The molecule has 220 valence electrons. The zero-order valence-corrected chi connectivity index (χ0v) is 24.0. The van der Waals surface area contributed by atoms with Crippen molar-refractivity contribution < 1.29 is 39.2 Å². The Kier molecular flexibility index (Phi) is 11.9. The molecule has 2 rings (SSSR count). The van der Waals surface area contributed by atoms with E-state index in [0.717, 1.165) is 5.57 Å². The monoisotopic (exact) mass is 558 g/mol. The van der Waals surface area contributed by atoms with Gasteiger partial charge in [0.1, 0.15) is 23.9 Å². The van der Waals surface area contributed by atoms with Crippen LogP contribution in [-0.2, 0) is 19.1 Å². The number of primary amides is 1. The number of methoxy groups -OCH3 is 1. The molecular formula is C30H42N2O8. The molecular weight excluding hydrogens is 516 g/mol. The number of hydrogen-bond donors (Lipinski definition) is 5. The number of carbonyl (C=O) groups is 3. The lowest BCUT2D eigenvalue weighted by Crippen LogP contribution is -2.34. The number of phenolic OH excluding ortho intramolecular Hbond substituents is 2. The van der Waals surface area contributed by atoms with E-state index in [9.17, 15) is 29.7 Å². The Morgan fingerprint density at radius 2 is 1.85 bits per heavy atom. The Labute approximate surface area is 235 Å². The summed E-state index contributed by atoms with van der Waals surface area (Å²) in [4.78, 5) is 36.8. The van der Waals surface area contributed by atoms with Crippen LogP contribution in [0.3, 0.4) is 0 Å². The number of fused-ring (bicyclic) bond motifs is 2. The minimum absolute atomic E-state index is 0.0427. The topological polar surface area (TPSA) is 168 Å². The molecule has 1 heterocycles. The van der Waals surface area contributed by atoms with E-state index in [-0.39, 0.29) is 47.1 Å². The molecule has 0 saturated heterocycles. The number of benzene rings is 1. The summed E-state index contributed by atoms with van der Waals surface area (Å²) in [5, 5.41) is 34.3. The van der Waals surface area contributed by atoms with E-state index in [1.807, 2.05) is 26.8 Å². The predicted octanol–water partition coefficient (Wildman–Crippen LogP) is 4.17. The van der Waals surface area contributed by atoms with Crippen molar-refractivity contribution >= 4 is 24.0 Å². The third kappa shape index (κ3) is 8.19. The summed E-state index contributed by atoms with van der Waals surface area (Å²) in [5.74, 6) is -3.27. The number of amides is 2. The van der Waals surface area contributed by atoms with E-state index in [1.165, 1.54) is 19.2 Å². The minimum Gasteiger partial charge on any atom is -0.508 e. The largest absolute Gasteiger partial charge is 0.508 e. The molecule has 40 heavy (non-hydrogen) atoms. The highest BCUT2D eigenvalue weighted by Gasteiger charge is 2.32. The van der Waals surface area contributed by atoms with Gasteiger partial charge >= 0.3 is 6.09 Å². The number of nitrogens with two attached hydrogens (primary N) is 1. The molecule has 7 atom stereocenters. The number of aliphatic hydroxyl groups excluding tert-OH is 1. The summed E-state index contributed by atoms with van der Waals surface area (Å²) in [6.07, 6.45) is 5.84. The van der Waals surface area contributed by atoms with Crippen LogP contribution in [0.2, 0.25) is 0 Å². The minimum atomic E-state index is -0.926. The van der Waals surface area contributed by atoms with Gasteiger partial charge in [0.25, 0.3) is 5.91 Å². The number of rotatable bonds is 4. The molecule has 0 aliphatic carbocycles. The predicted molar refractivity (Wildman–Crippen MR) is 152 cm³/mol. The smallest absolute Gasteiger partial charge is 0.405 e. The van der Waals surface area contributed by atoms with Crippen LogP contribution >= 0.6 is 0 Å². The van der Waals surface area contributed by atoms with Crippen LogP contribution in [0.1, 0.15) is 52.5 Å². The number of carbonyl (C=O) groups excluding carboxylic acids is 3. The average molecular weight is 559 g/mol. The molecule has 10 nitrogen and oxygen atoms in total. The number of aldehydes is 1. The molecule has 1 aromatic carbocycles. The molecule has 0 radical (unpaired) electrons. The van der Waals surface area contributed by atoms with Crippen molar-refractivity contribution in [2.45, 2.75) is 59.2 Å². The SMILES string of the molecule is CO[C@H]1[C@@H](CO)C[C@H](C)[C@@H](C=O)c2cc(O)cc(c2O)NC(=O)/C(C)=C/C=C\[C@H](C)[C@@H](OC(N)=O)C(C)=C[C@@H]1C. The lowest BCUT2D eigenvalue weighted by Gasteiger charge is -2.32. The van der Waals surface area contributed by atoms with Crippen molar-refractivity contribution in [2.75, 3.05) is 19.0 Å². The Hall–Kier alpha value is -3.63. The highest BCUT2D eigenvalue weighted by molar-refractivity contribution is 6.04. The summed E-state index contributed by atoms with van der Waals surface area (Å²) in [7, 11) is 1.54. The van der Waals surface area contributed by atoms with Crippen molar-refractivity contribution in [3.05, 3.63) is 53.1 Å². The van der Waals surface area contributed by atoms with Crippen LogP contribution in [0.5, 0.6) is 11.5 Å². The van der Waals surface area contributed by atoms with Crippen molar-refractivity contribution in [1.82, 2.24) is 0 Å². The number of allylic oxidation sites excluding steroid dienone is 2. The van der Waals surface area contributed by atoms with E-state index in [0.29, 0.717) is 18.3 Å². The van der Waals surface area contributed by atoms with Crippen molar-refractivity contribution in [2.24, 2.45) is 29.4 Å². The molecule has 0 unspecified atom stereocenters. The summed E-state index contributed by atoms with van der Waals surface area (Å²) in [6, 6.07) is 2.50. The lowest BCUT2D eigenvalue weighted by molar-refractivity contribution is -0.113. The third-order valence-electron chi connectivity index (χ3n) is 7.47. The first-order valence-corrected chi connectivity index (χ1v) is 13.3. The quantitative estimate of drug-likeness (QED) is 0.159. The molecule has 1 aromatic rings. The van der Waals surface area contributed by atoms with E-state index in [4.69, 9.17) is 15.2 Å². The second-order valence-corrected chi connectivity index (χ2v) is 10.6. The standard InChI is InChI=1S/C30H42N2O8/c1-16-8-7-9-17(2)29(37)32-25-13-22(35)12-23(26(25)36)24(15-34)18(3)11-21(14-33)28(39-6)20(5)10-19(4)27(16)40-30(31)38/h7-10,12-13,15-16,18,20-21,24,27-28,33,35-36H,11,14H2,1-6H3,(H2,31,38)(H,32,37)/b8-7-,17-9+,19-10?/t16-,18-,20-,21+,24+,27+,28+/m0/s1. The second-order valence-electron chi connectivity index (χ2n) is 10.6.